The number of nitrogens with one attached hydrogen (secondary N) is 1. The predicted octanol–water partition coefficient (Wildman–Crippen LogP) is 1.79. The molecule has 2 aromatic rings. The number of hydrogen-bond acceptors (Lipinski definition) is 6. The Hall–Kier alpha value is -2.31. The summed E-state index contributed by atoms with van der Waals surface area (Å²) in [5.41, 5.74) is 6.42. The van der Waals surface area contributed by atoms with Crippen molar-refractivity contribution in [3.05, 3.63) is 24.5 Å². The first kappa shape index (κ1) is 15.1. The molecule has 3 N–H and O–H groups in total. The van der Waals surface area contributed by atoms with Gasteiger partial charge in [0.25, 0.3) is 0 Å². The van der Waals surface area contributed by atoms with Crippen molar-refractivity contribution in [2.24, 2.45) is 5.92 Å². The number of rotatable bonds is 8. The van der Waals surface area contributed by atoms with Crippen LogP contribution in [0.15, 0.2) is 24.5 Å². The molecule has 0 saturated heterocycles. The largest absolute Gasteiger partial charge is 0.476 e. The van der Waals surface area contributed by atoms with E-state index in [-0.39, 0.29) is 0 Å². The lowest BCUT2D eigenvalue weighted by Gasteiger charge is -2.12. The van der Waals surface area contributed by atoms with Crippen LogP contribution in [0.3, 0.4) is 0 Å². The van der Waals surface area contributed by atoms with Gasteiger partial charge in [0.1, 0.15) is 5.82 Å². The van der Waals surface area contributed by atoms with Crippen molar-refractivity contribution in [3.8, 4) is 5.88 Å². The first-order valence-corrected chi connectivity index (χ1v) is 7.12. The van der Waals surface area contributed by atoms with E-state index in [0.717, 1.165) is 25.3 Å². The average molecular weight is 290 g/mol. The number of aryl methyl sites for hydroxylation is 1. The Bertz CT molecular complexity index is 540. The zero-order chi connectivity index (χ0) is 15.1. The quantitative estimate of drug-likeness (QED) is 0.720. The molecule has 0 spiro atoms. The second kappa shape index (κ2) is 7.47. The lowest BCUT2D eigenvalue weighted by Crippen LogP contribution is -2.11. The average Bonchev–Trinajstić information content (AvgIpc) is 2.97. The third-order valence-corrected chi connectivity index (χ3v) is 2.79. The summed E-state index contributed by atoms with van der Waals surface area (Å²) in [6, 6.07) is 3.66. The fourth-order valence-corrected chi connectivity index (χ4v) is 1.72. The number of aromatic nitrogens is 4. The molecule has 2 rings (SSSR count). The monoisotopic (exact) mass is 290 g/mol. The van der Waals surface area contributed by atoms with Gasteiger partial charge >= 0.3 is 0 Å². The Kier molecular flexibility index (Phi) is 5.36. The van der Waals surface area contributed by atoms with Gasteiger partial charge in [-0.05, 0) is 24.5 Å². The van der Waals surface area contributed by atoms with Crippen LogP contribution in [0.5, 0.6) is 5.88 Å². The van der Waals surface area contributed by atoms with E-state index in [1.807, 2.05) is 18.3 Å². The summed E-state index contributed by atoms with van der Waals surface area (Å²) in [5, 5.41) is 10.9. The van der Waals surface area contributed by atoms with Crippen LogP contribution in [0, 0.1) is 5.92 Å². The summed E-state index contributed by atoms with van der Waals surface area (Å²) >= 11 is 0. The van der Waals surface area contributed by atoms with Crippen LogP contribution in [0.4, 0.5) is 11.5 Å². The van der Waals surface area contributed by atoms with Gasteiger partial charge in [0, 0.05) is 19.3 Å². The molecule has 0 saturated carbocycles. The van der Waals surface area contributed by atoms with Gasteiger partial charge in [-0.15, -0.1) is 5.10 Å². The van der Waals surface area contributed by atoms with Gasteiger partial charge in [0.15, 0.2) is 0 Å². The van der Waals surface area contributed by atoms with E-state index < -0.39 is 0 Å². The van der Waals surface area contributed by atoms with Gasteiger partial charge in [0.2, 0.25) is 5.88 Å². The Labute approximate surface area is 124 Å². The van der Waals surface area contributed by atoms with E-state index in [1.54, 1.807) is 10.9 Å². The molecule has 0 atom stereocenters. The maximum atomic E-state index is 5.86. The Morgan fingerprint density at radius 1 is 1.38 bits per heavy atom. The highest BCUT2D eigenvalue weighted by Gasteiger charge is 2.05. The van der Waals surface area contributed by atoms with Crippen molar-refractivity contribution >= 4 is 11.5 Å². The molecule has 2 aromatic heterocycles. The highest BCUT2D eigenvalue weighted by Crippen LogP contribution is 2.21. The van der Waals surface area contributed by atoms with Crippen molar-refractivity contribution in [2.45, 2.75) is 26.8 Å². The fourth-order valence-electron chi connectivity index (χ4n) is 1.72. The summed E-state index contributed by atoms with van der Waals surface area (Å²) in [4.78, 5) is 4.39. The molecule has 0 aliphatic carbocycles. The number of nitrogen functional groups attached to an aromatic ring is 1. The molecular weight excluding hydrogens is 268 g/mol. The van der Waals surface area contributed by atoms with Crippen molar-refractivity contribution in [1.82, 2.24) is 20.0 Å². The molecule has 21 heavy (non-hydrogen) atoms. The van der Waals surface area contributed by atoms with Crippen LogP contribution in [-0.4, -0.2) is 33.1 Å². The first-order chi connectivity index (χ1) is 10.1. The van der Waals surface area contributed by atoms with E-state index in [0.29, 0.717) is 24.1 Å². The Morgan fingerprint density at radius 3 is 2.95 bits per heavy atom. The first-order valence-electron chi connectivity index (χ1n) is 7.12. The van der Waals surface area contributed by atoms with Gasteiger partial charge in [-0.2, -0.15) is 4.98 Å². The maximum absolute atomic E-state index is 5.86. The highest BCUT2D eigenvalue weighted by atomic mass is 16.5. The summed E-state index contributed by atoms with van der Waals surface area (Å²) in [7, 11) is 0. The van der Waals surface area contributed by atoms with Crippen molar-refractivity contribution < 1.29 is 4.74 Å². The van der Waals surface area contributed by atoms with Crippen LogP contribution >= 0.6 is 0 Å². The molecule has 0 unspecified atom stereocenters. The Morgan fingerprint density at radius 2 is 2.24 bits per heavy atom. The van der Waals surface area contributed by atoms with Crippen LogP contribution < -0.4 is 15.8 Å². The van der Waals surface area contributed by atoms with E-state index in [1.165, 1.54) is 0 Å². The number of pyridine rings is 1. The normalized spacial score (nSPS) is 10.8. The smallest absolute Gasteiger partial charge is 0.239 e. The summed E-state index contributed by atoms with van der Waals surface area (Å²) < 4.78 is 7.41. The van der Waals surface area contributed by atoms with Crippen LogP contribution in [0.25, 0.3) is 0 Å². The second-order valence-electron chi connectivity index (χ2n) is 5.24. The van der Waals surface area contributed by atoms with E-state index in [4.69, 9.17) is 10.5 Å². The zero-order valence-electron chi connectivity index (χ0n) is 12.5. The molecule has 0 bridgehead atoms. The van der Waals surface area contributed by atoms with Gasteiger partial charge in [-0.25, -0.2) is 0 Å². The van der Waals surface area contributed by atoms with Gasteiger partial charge in [0.05, 0.1) is 18.5 Å². The summed E-state index contributed by atoms with van der Waals surface area (Å²) in [5.74, 6) is 1.69. The predicted molar refractivity (Wildman–Crippen MR) is 82.1 cm³/mol. The molecule has 2 heterocycles. The molecule has 0 aliphatic heterocycles. The topological polar surface area (TPSA) is 90.9 Å². The standard InChI is InChI=1S/C14H22N6O/c1-11(2)10-21-14-12(15)4-5-13(18-14)16-6-3-8-20-9-7-17-19-20/h4-5,7,9,11H,3,6,8,10,15H2,1-2H3,(H,16,18). The van der Waals surface area contributed by atoms with Crippen molar-refractivity contribution in [1.29, 1.82) is 0 Å². The fraction of sp³-hybridized carbons (Fsp3) is 0.500. The number of hydrogen-bond donors (Lipinski definition) is 2. The molecule has 0 amide bonds. The molecule has 0 radical (unpaired) electrons. The van der Waals surface area contributed by atoms with E-state index in [2.05, 4.69) is 34.5 Å². The highest BCUT2D eigenvalue weighted by molar-refractivity contribution is 5.53. The molecule has 0 aliphatic rings. The third kappa shape index (κ3) is 4.94. The minimum atomic E-state index is 0.436. The van der Waals surface area contributed by atoms with Gasteiger partial charge in [-0.1, -0.05) is 19.1 Å². The number of anilines is 2. The summed E-state index contributed by atoms with van der Waals surface area (Å²) in [6.07, 6.45) is 4.45. The molecule has 0 aromatic carbocycles. The summed E-state index contributed by atoms with van der Waals surface area (Å²) in [6.45, 7) is 6.39. The number of nitrogens with two attached hydrogens (primary N) is 1. The van der Waals surface area contributed by atoms with E-state index in [9.17, 15) is 0 Å². The van der Waals surface area contributed by atoms with Gasteiger partial charge < -0.3 is 15.8 Å². The molecule has 7 heteroatoms. The van der Waals surface area contributed by atoms with Crippen molar-refractivity contribution in [3.63, 3.8) is 0 Å². The lowest BCUT2D eigenvalue weighted by molar-refractivity contribution is 0.263. The van der Waals surface area contributed by atoms with E-state index >= 15 is 0 Å². The van der Waals surface area contributed by atoms with Gasteiger partial charge in [-0.3, -0.25) is 4.68 Å². The second-order valence-corrected chi connectivity index (χ2v) is 5.24. The molecule has 7 nitrogen and oxygen atoms in total. The minimum absolute atomic E-state index is 0.436. The Balaban J connectivity index is 1.81. The van der Waals surface area contributed by atoms with Crippen molar-refractivity contribution in [2.75, 3.05) is 24.2 Å². The minimum Gasteiger partial charge on any atom is -0.476 e. The third-order valence-electron chi connectivity index (χ3n) is 2.79. The lowest BCUT2D eigenvalue weighted by atomic mass is 10.2. The van der Waals surface area contributed by atoms with Crippen LogP contribution in [0.2, 0.25) is 0 Å². The SMILES string of the molecule is CC(C)COc1nc(NCCCn2ccnn2)ccc1N. The number of ether oxygens (including phenoxy) is 1. The molecule has 114 valence electrons. The van der Waals surface area contributed by atoms with Crippen LogP contribution in [0.1, 0.15) is 20.3 Å². The van der Waals surface area contributed by atoms with Crippen LogP contribution in [-0.2, 0) is 6.54 Å². The molecular formula is C14H22N6O. The maximum Gasteiger partial charge on any atom is 0.239 e. The number of nitrogens with zero attached hydrogens (tertiary/aromatic N) is 4. The zero-order valence-corrected chi connectivity index (χ0v) is 12.5. The molecule has 0 fully saturated rings.